The molecule has 0 radical (unpaired) electrons. The number of benzene rings is 3. The van der Waals surface area contributed by atoms with E-state index >= 15 is 0 Å². The molecule has 0 aliphatic rings. The van der Waals surface area contributed by atoms with Gasteiger partial charge in [-0.1, -0.05) is 42.5 Å². The summed E-state index contributed by atoms with van der Waals surface area (Å²) in [7, 11) is 0. The first-order valence-corrected chi connectivity index (χ1v) is 8.86. The van der Waals surface area contributed by atoms with E-state index in [0.29, 0.717) is 5.56 Å². The van der Waals surface area contributed by atoms with Crippen molar-refractivity contribution in [3.63, 3.8) is 0 Å². The first kappa shape index (κ1) is 19.2. The lowest BCUT2D eigenvalue weighted by Crippen LogP contribution is -2.21. The first-order chi connectivity index (χ1) is 13.4. The Morgan fingerprint density at radius 3 is 1.96 bits per heavy atom. The maximum atomic E-state index is 12.2. The molecule has 0 unspecified atom stereocenters. The van der Waals surface area contributed by atoms with Crippen LogP contribution in [0, 0.1) is 13.8 Å². The van der Waals surface area contributed by atoms with Crippen molar-refractivity contribution < 1.29 is 19.4 Å². The fraction of sp³-hybridized carbons (Fsp3) is 0.130. The number of aromatic hydroxyl groups is 1. The van der Waals surface area contributed by atoms with Gasteiger partial charge in [0.15, 0.2) is 6.61 Å². The van der Waals surface area contributed by atoms with Crippen LogP contribution in [0.4, 0.5) is 5.69 Å². The minimum atomic E-state index is -0.561. The summed E-state index contributed by atoms with van der Waals surface area (Å²) in [5.74, 6) is -0.747. The van der Waals surface area contributed by atoms with Crippen molar-refractivity contribution in [1.29, 1.82) is 0 Å². The summed E-state index contributed by atoms with van der Waals surface area (Å²) >= 11 is 0. The number of esters is 1. The molecular weight excluding hydrogens is 354 g/mol. The molecule has 3 aromatic carbocycles. The largest absolute Gasteiger partial charge is 0.508 e. The van der Waals surface area contributed by atoms with E-state index in [4.69, 9.17) is 4.74 Å². The molecule has 5 nitrogen and oxygen atoms in total. The van der Waals surface area contributed by atoms with Crippen molar-refractivity contribution in [2.75, 3.05) is 11.9 Å². The minimum Gasteiger partial charge on any atom is -0.508 e. The fourth-order valence-electron chi connectivity index (χ4n) is 2.85. The highest BCUT2D eigenvalue weighted by atomic mass is 16.5. The Kier molecular flexibility index (Phi) is 5.75. The third-order valence-corrected chi connectivity index (χ3v) is 4.40. The summed E-state index contributed by atoms with van der Waals surface area (Å²) in [6.45, 7) is 3.46. The van der Waals surface area contributed by atoms with Crippen LogP contribution < -0.4 is 5.32 Å². The normalized spacial score (nSPS) is 10.4. The van der Waals surface area contributed by atoms with Crippen molar-refractivity contribution in [3.8, 4) is 16.9 Å². The van der Waals surface area contributed by atoms with Crippen molar-refractivity contribution >= 4 is 17.6 Å². The topological polar surface area (TPSA) is 75.6 Å². The Labute approximate surface area is 163 Å². The number of phenolic OH excluding ortho intramolecular Hbond substituents is 1. The number of ether oxygens (including phenoxy) is 1. The molecule has 3 aromatic rings. The molecule has 1 amide bonds. The van der Waals surface area contributed by atoms with Gasteiger partial charge in [0.25, 0.3) is 5.91 Å². The summed E-state index contributed by atoms with van der Waals surface area (Å²) in [4.78, 5) is 24.3. The number of hydrogen-bond donors (Lipinski definition) is 2. The van der Waals surface area contributed by atoms with E-state index in [1.54, 1.807) is 48.5 Å². The highest BCUT2D eigenvalue weighted by molar-refractivity contribution is 5.96. The number of phenols is 1. The van der Waals surface area contributed by atoms with Gasteiger partial charge in [0, 0.05) is 5.69 Å². The molecular formula is C23H21NO4. The summed E-state index contributed by atoms with van der Waals surface area (Å²) in [6, 6.07) is 19.4. The maximum Gasteiger partial charge on any atom is 0.338 e. The van der Waals surface area contributed by atoms with Crippen LogP contribution in [0.3, 0.4) is 0 Å². The standard InChI is InChI=1S/C23H21NO4/c1-15-4-3-5-16(2)22(15)24-21(26)14-28-23(27)19-8-6-17(7-9-19)18-10-12-20(25)13-11-18/h3-13,25H,14H2,1-2H3,(H,24,26). The van der Waals surface area contributed by atoms with Crippen LogP contribution in [0.25, 0.3) is 11.1 Å². The maximum absolute atomic E-state index is 12.2. The van der Waals surface area contributed by atoms with E-state index in [9.17, 15) is 14.7 Å². The average Bonchev–Trinajstić information content (AvgIpc) is 2.70. The van der Waals surface area contributed by atoms with Crippen molar-refractivity contribution in [3.05, 3.63) is 83.4 Å². The van der Waals surface area contributed by atoms with Gasteiger partial charge in [0.05, 0.1) is 5.56 Å². The molecule has 0 aromatic heterocycles. The lowest BCUT2D eigenvalue weighted by atomic mass is 10.0. The van der Waals surface area contributed by atoms with Gasteiger partial charge in [-0.15, -0.1) is 0 Å². The van der Waals surface area contributed by atoms with Gasteiger partial charge in [-0.3, -0.25) is 4.79 Å². The Morgan fingerprint density at radius 1 is 0.857 bits per heavy atom. The van der Waals surface area contributed by atoms with E-state index in [1.165, 1.54) is 0 Å². The fourth-order valence-corrected chi connectivity index (χ4v) is 2.85. The smallest absolute Gasteiger partial charge is 0.338 e. The zero-order valence-electron chi connectivity index (χ0n) is 15.7. The molecule has 142 valence electrons. The van der Waals surface area contributed by atoms with Crippen LogP contribution in [0.5, 0.6) is 5.75 Å². The van der Waals surface area contributed by atoms with Gasteiger partial charge in [-0.2, -0.15) is 0 Å². The van der Waals surface area contributed by atoms with Crippen molar-refractivity contribution in [2.45, 2.75) is 13.8 Å². The van der Waals surface area contributed by atoms with Crippen LogP contribution in [0.1, 0.15) is 21.5 Å². The number of hydrogen-bond acceptors (Lipinski definition) is 4. The quantitative estimate of drug-likeness (QED) is 0.645. The first-order valence-electron chi connectivity index (χ1n) is 8.86. The molecule has 2 N–H and O–H groups in total. The van der Waals surface area contributed by atoms with Gasteiger partial charge in [-0.25, -0.2) is 4.79 Å². The highest BCUT2D eigenvalue weighted by Gasteiger charge is 2.12. The predicted molar refractivity (Wildman–Crippen MR) is 108 cm³/mol. The lowest BCUT2D eigenvalue weighted by molar-refractivity contribution is -0.119. The van der Waals surface area contributed by atoms with Crippen LogP contribution >= 0.6 is 0 Å². The molecule has 0 aliphatic heterocycles. The molecule has 0 heterocycles. The van der Waals surface area contributed by atoms with E-state index in [2.05, 4.69) is 5.32 Å². The molecule has 0 aliphatic carbocycles. The lowest BCUT2D eigenvalue weighted by Gasteiger charge is -2.11. The molecule has 0 saturated carbocycles. The second-order valence-electron chi connectivity index (χ2n) is 6.52. The number of nitrogens with one attached hydrogen (secondary N) is 1. The molecule has 5 heteroatoms. The van der Waals surface area contributed by atoms with E-state index in [1.807, 2.05) is 32.0 Å². The summed E-state index contributed by atoms with van der Waals surface area (Å²) in [5.41, 5.74) is 4.83. The van der Waals surface area contributed by atoms with Crippen LogP contribution in [0.2, 0.25) is 0 Å². The van der Waals surface area contributed by atoms with E-state index in [-0.39, 0.29) is 18.3 Å². The minimum absolute atomic E-state index is 0.197. The Morgan fingerprint density at radius 2 is 1.39 bits per heavy atom. The number of amides is 1. The number of para-hydroxylation sites is 1. The third-order valence-electron chi connectivity index (χ3n) is 4.40. The monoisotopic (exact) mass is 375 g/mol. The van der Waals surface area contributed by atoms with Crippen molar-refractivity contribution in [1.82, 2.24) is 0 Å². The molecule has 0 atom stereocenters. The van der Waals surface area contributed by atoms with Crippen molar-refractivity contribution in [2.24, 2.45) is 0 Å². The highest BCUT2D eigenvalue weighted by Crippen LogP contribution is 2.22. The Bertz CT molecular complexity index is 972. The molecule has 28 heavy (non-hydrogen) atoms. The molecule has 3 rings (SSSR count). The Hall–Kier alpha value is -3.60. The molecule has 0 bridgehead atoms. The second kappa shape index (κ2) is 8.39. The third kappa shape index (κ3) is 4.57. The van der Waals surface area contributed by atoms with E-state index in [0.717, 1.165) is 27.9 Å². The second-order valence-corrected chi connectivity index (χ2v) is 6.52. The number of carbonyl (C=O) groups excluding carboxylic acids is 2. The summed E-state index contributed by atoms with van der Waals surface area (Å²) in [5, 5.41) is 12.1. The van der Waals surface area contributed by atoms with Gasteiger partial charge in [0.2, 0.25) is 0 Å². The van der Waals surface area contributed by atoms with E-state index < -0.39 is 5.97 Å². The summed E-state index contributed by atoms with van der Waals surface area (Å²) in [6.07, 6.45) is 0. The van der Waals surface area contributed by atoms with Gasteiger partial charge >= 0.3 is 5.97 Å². The molecule has 0 saturated heterocycles. The predicted octanol–water partition coefficient (Wildman–Crippen LogP) is 4.47. The Balaban J connectivity index is 1.59. The molecule has 0 spiro atoms. The van der Waals surface area contributed by atoms with Gasteiger partial charge in [0.1, 0.15) is 5.75 Å². The molecule has 0 fully saturated rings. The number of aryl methyl sites for hydroxylation is 2. The van der Waals surface area contributed by atoms with Gasteiger partial charge < -0.3 is 15.2 Å². The van der Waals surface area contributed by atoms with Crippen LogP contribution in [0.15, 0.2) is 66.7 Å². The summed E-state index contributed by atoms with van der Waals surface area (Å²) < 4.78 is 5.12. The zero-order chi connectivity index (χ0) is 20.1. The average molecular weight is 375 g/mol. The van der Waals surface area contributed by atoms with Crippen LogP contribution in [-0.4, -0.2) is 23.6 Å². The van der Waals surface area contributed by atoms with Gasteiger partial charge in [-0.05, 0) is 60.4 Å². The number of anilines is 1. The number of rotatable bonds is 5. The SMILES string of the molecule is Cc1cccc(C)c1NC(=O)COC(=O)c1ccc(-c2ccc(O)cc2)cc1. The van der Waals surface area contributed by atoms with Crippen LogP contribution in [-0.2, 0) is 9.53 Å². The number of carbonyl (C=O) groups is 2. The zero-order valence-corrected chi connectivity index (χ0v) is 15.7.